The van der Waals surface area contributed by atoms with Gasteiger partial charge in [0, 0.05) is 13.2 Å². The highest BCUT2D eigenvalue weighted by Gasteiger charge is 2.24. The molecule has 4 nitrogen and oxygen atoms in total. The van der Waals surface area contributed by atoms with Crippen LogP contribution < -0.4 is 0 Å². The second kappa shape index (κ2) is 13.3. The van der Waals surface area contributed by atoms with Crippen molar-refractivity contribution >= 4 is 7.32 Å². The van der Waals surface area contributed by atoms with E-state index in [-0.39, 0.29) is 0 Å². The molecule has 0 aromatic rings. The topological polar surface area (TPSA) is 36.9 Å². The fourth-order valence-electron chi connectivity index (χ4n) is 0.245. The average molecular weight is 190 g/mol. The standard InChI is InChI=1S/C4H10O.BF3O3/c1-3-5-4-2;2-5-1(6-3)7-4/h3-4H2,1-2H3;. The van der Waals surface area contributed by atoms with E-state index >= 15 is 0 Å². The third-order valence-corrected chi connectivity index (χ3v) is 0.626. The van der Waals surface area contributed by atoms with Gasteiger partial charge in [0.05, 0.1) is 0 Å². The van der Waals surface area contributed by atoms with Crippen molar-refractivity contribution in [1.82, 2.24) is 0 Å². The summed E-state index contributed by atoms with van der Waals surface area (Å²) in [6.07, 6.45) is 0. The molecule has 0 aliphatic heterocycles. The summed E-state index contributed by atoms with van der Waals surface area (Å²) in [5.74, 6) is 0. The van der Waals surface area contributed by atoms with E-state index in [9.17, 15) is 13.6 Å². The van der Waals surface area contributed by atoms with Gasteiger partial charge >= 0.3 is 7.32 Å². The van der Waals surface area contributed by atoms with Gasteiger partial charge in [-0.25, -0.2) is 0 Å². The van der Waals surface area contributed by atoms with Gasteiger partial charge in [0.1, 0.15) is 0 Å². The highest BCUT2D eigenvalue weighted by atomic mass is 19.3. The van der Waals surface area contributed by atoms with E-state index in [1.807, 2.05) is 13.8 Å². The maximum absolute atomic E-state index is 10.4. The summed E-state index contributed by atoms with van der Waals surface area (Å²) in [7, 11) is -2.51. The fraction of sp³-hybridized carbons (Fsp3) is 1.00. The molecule has 0 saturated carbocycles. The van der Waals surface area contributed by atoms with Crippen molar-refractivity contribution < 1.29 is 32.9 Å². The van der Waals surface area contributed by atoms with Crippen LogP contribution in [0.15, 0.2) is 0 Å². The molecular formula is C4H10BF3O4. The number of ether oxygens (including phenoxy) is 1. The van der Waals surface area contributed by atoms with E-state index in [4.69, 9.17) is 4.74 Å². The van der Waals surface area contributed by atoms with E-state index in [1.165, 1.54) is 0 Å². The molecule has 0 saturated heterocycles. The molecule has 0 aromatic heterocycles. The molecule has 0 radical (unpaired) electrons. The Balaban J connectivity index is 0. The Hall–Kier alpha value is -0.305. The molecule has 0 heterocycles. The van der Waals surface area contributed by atoms with Crippen LogP contribution in [0.25, 0.3) is 0 Å². The van der Waals surface area contributed by atoms with Gasteiger partial charge in [-0.2, -0.15) is 14.6 Å². The predicted octanol–water partition coefficient (Wildman–Crippen LogP) is 1.72. The molecule has 0 unspecified atom stereocenters. The van der Waals surface area contributed by atoms with Gasteiger partial charge in [0.25, 0.3) is 0 Å². The number of hydrogen-bond donors (Lipinski definition) is 0. The molecule has 0 N–H and O–H groups in total. The van der Waals surface area contributed by atoms with Crippen LogP contribution in [0.2, 0.25) is 0 Å². The van der Waals surface area contributed by atoms with E-state index in [2.05, 4.69) is 14.6 Å². The van der Waals surface area contributed by atoms with Gasteiger partial charge in [0.15, 0.2) is 0 Å². The van der Waals surface area contributed by atoms with Gasteiger partial charge in [0.2, 0.25) is 0 Å². The molecule has 0 fully saturated rings. The summed E-state index contributed by atoms with van der Waals surface area (Å²) in [5, 5.41) is 0. The molecular weight excluding hydrogens is 180 g/mol. The van der Waals surface area contributed by atoms with Crippen molar-refractivity contribution in [2.45, 2.75) is 13.8 Å². The molecule has 0 rings (SSSR count). The van der Waals surface area contributed by atoms with Gasteiger partial charge in [-0.05, 0) is 13.8 Å². The largest absolute Gasteiger partial charge is 0.737 e. The van der Waals surface area contributed by atoms with E-state index in [0.717, 1.165) is 13.2 Å². The average Bonchev–Trinajstić information content (AvgIpc) is 2.10. The summed E-state index contributed by atoms with van der Waals surface area (Å²) in [6.45, 7) is 5.67. The van der Waals surface area contributed by atoms with Crippen molar-refractivity contribution in [1.29, 1.82) is 0 Å². The highest BCUT2D eigenvalue weighted by Crippen LogP contribution is 1.91. The van der Waals surface area contributed by atoms with E-state index < -0.39 is 7.32 Å². The van der Waals surface area contributed by atoms with Crippen molar-refractivity contribution in [3.05, 3.63) is 0 Å². The SMILES string of the molecule is CCOCC.FOB(OF)OF. The van der Waals surface area contributed by atoms with Gasteiger partial charge < -0.3 is 4.74 Å². The Kier molecular flexibility index (Phi) is 15.8. The third kappa shape index (κ3) is 12.4. The van der Waals surface area contributed by atoms with Crippen molar-refractivity contribution in [2.75, 3.05) is 13.2 Å². The van der Waals surface area contributed by atoms with Crippen LogP contribution in [0.4, 0.5) is 13.6 Å². The molecule has 0 aliphatic rings. The predicted molar refractivity (Wildman–Crippen MR) is 34.5 cm³/mol. The maximum atomic E-state index is 10.4. The second-order valence-electron chi connectivity index (χ2n) is 1.34. The Labute approximate surface area is 68.4 Å². The first-order valence-electron chi connectivity index (χ1n) is 3.16. The molecule has 0 aliphatic carbocycles. The summed E-state index contributed by atoms with van der Waals surface area (Å²) in [4.78, 5) is 7.06. The molecule has 0 spiro atoms. The molecule has 0 aromatic carbocycles. The van der Waals surface area contributed by atoms with Crippen molar-refractivity contribution in [3.63, 3.8) is 0 Å². The zero-order valence-corrected chi connectivity index (χ0v) is 6.76. The lowest BCUT2D eigenvalue weighted by molar-refractivity contribution is -0.190. The number of rotatable bonds is 5. The summed E-state index contributed by atoms with van der Waals surface area (Å²) in [6, 6.07) is 0. The fourth-order valence-corrected chi connectivity index (χ4v) is 0.245. The Morgan fingerprint density at radius 2 is 1.25 bits per heavy atom. The lowest BCUT2D eigenvalue weighted by Gasteiger charge is -1.88. The highest BCUT2D eigenvalue weighted by molar-refractivity contribution is 6.35. The molecule has 0 bridgehead atoms. The first-order valence-corrected chi connectivity index (χ1v) is 3.16. The summed E-state index contributed by atoms with van der Waals surface area (Å²) >= 11 is 0. The monoisotopic (exact) mass is 190 g/mol. The molecule has 12 heavy (non-hydrogen) atoms. The van der Waals surface area contributed by atoms with E-state index in [1.54, 1.807) is 0 Å². The number of halogens is 3. The van der Waals surface area contributed by atoms with Crippen LogP contribution in [0.1, 0.15) is 13.8 Å². The molecule has 8 heteroatoms. The minimum absolute atomic E-state index is 0.844. The maximum Gasteiger partial charge on any atom is 0.737 e. The minimum atomic E-state index is -2.51. The summed E-state index contributed by atoms with van der Waals surface area (Å²) in [5.41, 5.74) is 0. The lowest BCUT2D eigenvalue weighted by Crippen LogP contribution is -2.15. The Bertz CT molecular complexity index is 67.8. The van der Waals surface area contributed by atoms with E-state index in [0.29, 0.717) is 0 Å². The zero-order chi connectivity index (χ0) is 9.82. The third-order valence-electron chi connectivity index (χ3n) is 0.626. The van der Waals surface area contributed by atoms with Crippen LogP contribution in [0, 0.1) is 0 Å². The first kappa shape index (κ1) is 14.2. The van der Waals surface area contributed by atoms with Gasteiger partial charge in [-0.3, -0.25) is 0 Å². The van der Waals surface area contributed by atoms with Gasteiger partial charge in [-0.15, -0.1) is 0 Å². The molecule has 74 valence electrons. The normalized spacial score (nSPS) is 8.75. The molecule has 0 atom stereocenters. The van der Waals surface area contributed by atoms with Gasteiger partial charge in [-0.1, -0.05) is 13.6 Å². The zero-order valence-electron chi connectivity index (χ0n) is 6.76. The lowest BCUT2D eigenvalue weighted by atomic mass is 10.3. The van der Waals surface area contributed by atoms with Crippen LogP contribution in [-0.4, -0.2) is 20.5 Å². The summed E-state index contributed by atoms with van der Waals surface area (Å²) < 4.78 is 36.1. The van der Waals surface area contributed by atoms with Crippen LogP contribution >= 0.6 is 0 Å². The quantitative estimate of drug-likeness (QED) is 0.618. The Morgan fingerprint density at radius 3 is 1.25 bits per heavy atom. The second-order valence-corrected chi connectivity index (χ2v) is 1.34. The van der Waals surface area contributed by atoms with Crippen molar-refractivity contribution in [3.8, 4) is 0 Å². The smallest absolute Gasteiger partial charge is 0.382 e. The van der Waals surface area contributed by atoms with Crippen LogP contribution in [0.3, 0.4) is 0 Å². The first-order chi connectivity index (χ1) is 5.76. The number of hydrogen-bond acceptors (Lipinski definition) is 4. The Morgan fingerprint density at radius 1 is 0.917 bits per heavy atom. The van der Waals surface area contributed by atoms with Crippen LogP contribution in [0.5, 0.6) is 0 Å². The van der Waals surface area contributed by atoms with Crippen LogP contribution in [-0.2, 0) is 19.3 Å². The van der Waals surface area contributed by atoms with Crippen molar-refractivity contribution in [2.24, 2.45) is 0 Å². The molecule has 0 amide bonds. The minimum Gasteiger partial charge on any atom is -0.382 e.